The first kappa shape index (κ1) is 12.6. The van der Waals surface area contributed by atoms with Crippen LogP contribution in [0.1, 0.15) is 5.56 Å². The maximum Gasteiger partial charge on any atom is 0.218 e. The summed E-state index contributed by atoms with van der Waals surface area (Å²) in [7, 11) is 1.25. The van der Waals surface area contributed by atoms with E-state index in [0.29, 0.717) is 0 Å². The predicted molar refractivity (Wildman–Crippen MR) is 56.0 cm³/mol. The van der Waals surface area contributed by atoms with Gasteiger partial charge in [-0.3, -0.25) is 0 Å². The summed E-state index contributed by atoms with van der Waals surface area (Å²) in [6, 6.07) is 1.09. The minimum atomic E-state index is -1.91. The highest BCUT2D eigenvalue weighted by molar-refractivity contribution is 5.81. The molecule has 0 bridgehead atoms. The minimum Gasteiger partial charge on any atom is -0.481 e. The molecule has 1 heterocycles. The molecule has 0 spiro atoms. The van der Waals surface area contributed by atoms with Crippen molar-refractivity contribution >= 4 is 10.9 Å². The number of methoxy groups -OCH3 is 1. The first-order chi connectivity index (χ1) is 8.51. The number of benzene rings is 1. The molecule has 0 aliphatic heterocycles. The number of aromatic nitrogens is 1. The molecular formula is C11H8F4N2O. The quantitative estimate of drug-likeness (QED) is 0.512. The van der Waals surface area contributed by atoms with Crippen LogP contribution in [0.3, 0.4) is 0 Å². The average molecular weight is 260 g/mol. The van der Waals surface area contributed by atoms with Crippen LogP contribution in [0, 0.1) is 23.3 Å². The Kier molecular flexibility index (Phi) is 3.08. The Bertz CT molecular complexity index is 576. The van der Waals surface area contributed by atoms with Crippen LogP contribution in [-0.4, -0.2) is 12.1 Å². The number of nitrogens with zero attached hydrogens (tertiary/aromatic N) is 1. The molecular weight excluding hydrogens is 252 g/mol. The molecule has 2 N–H and O–H groups in total. The monoisotopic (exact) mass is 260 g/mol. The molecule has 2 aromatic rings. The van der Waals surface area contributed by atoms with E-state index in [9.17, 15) is 17.6 Å². The van der Waals surface area contributed by atoms with Gasteiger partial charge in [0, 0.05) is 17.5 Å². The first-order valence-corrected chi connectivity index (χ1v) is 4.90. The fourth-order valence-corrected chi connectivity index (χ4v) is 1.61. The van der Waals surface area contributed by atoms with E-state index in [1.807, 2.05) is 0 Å². The van der Waals surface area contributed by atoms with Crippen LogP contribution < -0.4 is 10.5 Å². The molecule has 0 aliphatic carbocycles. The van der Waals surface area contributed by atoms with Gasteiger partial charge in [0.15, 0.2) is 23.3 Å². The smallest absolute Gasteiger partial charge is 0.218 e. The Balaban J connectivity index is 2.93. The van der Waals surface area contributed by atoms with E-state index in [1.54, 1.807) is 0 Å². The van der Waals surface area contributed by atoms with Gasteiger partial charge in [-0.1, -0.05) is 0 Å². The zero-order valence-electron chi connectivity index (χ0n) is 9.23. The number of pyridine rings is 1. The summed E-state index contributed by atoms with van der Waals surface area (Å²) in [5.74, 6) is -6.92. The molecule has 0 atom stereocenters. The van der Waals surface area contributed by atoms with Gasteiger partial charge in [-0.2, -0.15) is 0 Å². The summed E-state index contributed by atoms with van der Waals surface area (Å²) in [5, 5.41) is -0.479. The van der Waals surface area contributed by atoms with Crippen molar-refractivity contribution in [3.05, 3.63) is 34.9 Å². The van der Waals surface area contributed by atoms with Crippen LogP contribution in [0.25, 0.3) is 10.9 Å². The SMILES string of the molecule is COc1nc2c(F)c(F)c(F)c(F)c2cc1CN. The van der Waals surface area contributed by atoms with Gasteiger partial charge in [0.1, 0.15) is 5.52 Å². The van der Waals surface area contributed by atoms with Gasteiger partial charge in [0.25, 0.3) is 0 Å². The second kappa shape index (κ2) is 4.41. The zero-order chi connectivity index (χ0) is 13.4. The summed E-state index contributed by atoms with van der Waals surface area (Å²) in [6.45, 7) is -0.0633. The number of rotatable bonds is 2. The van der Waals surface area contributed by atoms with Gasteiger partial charge in [-0.25, -0.2) is 22.5 Å². The Morgan fingerprint density at radius 3 is 2.28 bits per heavy atom. The second-order valence-electron chi connectivity index (χ2n) is 3.51. The summed E-state index contributed by atoms with van der Waals surface area (Å²) in [4.78, 5) is 3.60. The van der Waals surface area contributed by atoms with Gasteiger partial charge in [0.05, 0.1) is 7.11 Å². The van der Waals surface area contributed by atoms with Gasteiger partial charge in [0.2, 0.25) is 5.88 Å². The molecule has 0 aliphatic rings. The maximum atomic E-state index is 13.5. The Labute approximate surface area is 99.2 Å². The van der Waals surface area contributed by atoms with Crippen molar-refractivity contribution in [2.24, 2.45) is 5.73 Å². The maximum absolute atomic E-state index is 13.5. The number of nitrogens with two attached hydrogens (primary N) is 1. The van der Waals surface area contributed by atoms with Gasteiger partial charge >= 0.3 is 0 Å². The molecule has 0 fully saturated rings. The van der Waals surface area contributed by atoms with Crippen molar-refractivity contribution in [1.82, 2.24) is 4.98 Å². The number of hydrogen-bond donors (Lipinski definition) is 1. The third kappa shape index (κ3) is 1.67. The van der Waals surface area contributed by atoms with Crippen molar-refractivity contribution in [2.75, 3.05) is 7.11 Å². The van der Waals surface area contributed by atoms with Crippen LogP contribution in [-0.2, 0) is 6.54 Å². The summed E-state index contributed by atoms with van der Waals surface area (Å²) in [5.41, 5.74) is 4.99. The van der Waals surface area contributed by atoms with Crippen LogP contribution in [0.15, 0.2) is 6.07 Å². The topological polar surface area (TPSA) is 48.1 Å². The third-order valence-corrected chi connectivity index (χ3v) is 2.50. The Hall–Kier alpha value is -1.89. The lowest BCUT2D eigenvalue weighted by atomic mass is 10.1. The summed E-state index contributed by atoms with van der Waals surface area (Å²) in [6.07, 6.45) is 0. The van der Waals surface area contributed by atoms with E-state index in [2.05, 4.69) is 4.98 Å². The van der Waals surface area contributed by atoms with Gasteiger partial charge in [-0.15, -0.1) is 0 Å². The molecule has 2 rings (SSSR count). The molecule has 96 valence electrons. The molecule has 0 saturated carbocycles. The predicted octanol–water partition coefficient (Wildman–Crippen LogP) is 2.26. The van der Waals surface area contributed by atoms with Crippen molar-refractivity contribution in [1.29, 1.82) is 0 Å². The molecule has 0 radical (unpaired) electrons. The highest BCUT2D eigenvalue weighted by Crippen LogP contribution is 2.29. The largest absolute Gasteiger partial charge is 0.481 e. The van der Waals surface area contributed by atoms with Crippen LogP contribution in [0.4, 0.5) is 17.6 Å². The Morgan fingerprint density at radius 1 is 1.11 bits per heavy atom. The fraction of sp³-hybridized carbons (Fsp3) is 0.182. The number of fused-ring (bicyclic) bond motifs is 1. The first-order valence-electron chi connectivity index (χ1n) is 4.90. The highest BCUT2D eigenvalue weighted by Gasteiger charge is 2.22. The van der Waals surface area contributed by atoms with Gasteiger partial charge in [-0.05, 0) is 6.07 Å². The fourth-order valence-electron chi connectivity index (χ4n) is 1.61. The Morgan fingerprint density at radius 2 is 1.72 bits per heavy atom. The average Bonchev–Trinajstić information content (AvgIpc) is 2.41. The van der Waals surface area contributed by atoms with E-state index >= 15 is 0 Å². The van der Waals surface area contributed by atoms with Crippen molar-refractivity contribution in [2.45, 2.75) is 6.54 Å². The number of ether oxygens (including phenoxy) is 1. The lowest BCUT2D eigenvalue weighted by Gasteiger charge is -2.09. The molecule has 0 unspecified atom stereocenters. The minimum absolute atomic E-state index is 0.0608. The van der Waals surface area contributed by atoms with E-state index < -0.39 is 34.2 Å². The number of hydrogen-bond acceptors (Lipinski definition) is 3. The lowest BCUT2D eigenvalue weighted by Crippen LogP contribution is -2.05. The lowest BCUT2D eigenvalue weighted by molar-refractivity contribution is 0.391. The van der Waals surface area contributed by atoms with Crippen LogP contribution >= 0.6 is 0 Å². The zero-order valence-corrected chi connectivity index (χ0v) is 9.23. The van der Waals surface area contributed by atoms with E-state index in [-0.39, 0.29) is 18.0 Å². The van der Waals surface area contributed by atoms with E-state index in [1.165, 1.54) is 7.11 Å². The normalized spacial score (nSPS) is 11.0. The molecule has 0 amide bonds. The van der Waals surface area contributed by atoms with Crippen molar-refractivity contribution in [3.8, 4) is 5.88 Å². The van der Waals surface area contributed by atoms with Crippen LogP contribution in [0.5, 0.6) is 5.88 Å². The molecule has 3 nitrogen and oxygen atoms in total. The number of halogens is 4. The second-order valence-corrected chi connectivity index (χ2v) is 3.51. The van der Waals surface area contributed by atoms with Gasteiger partial charge < -0.3 is 10.5 Å². The standard InChI is InChI=1S/C11H8F4N2O/c1-18-11-4(3-16)2-5-6(12)7(13)8(14)9(15)10(5)17-11/h2H,3,16H2,1H3. The molecule has 1 aromatic heterocycles. The summed E-state index contributed by atoms with van der Waals surface area (Å²) >= 11 is 0. The van der Waals surface area contributed by atoms with Crippen LogP contribution in [0.2, 0.25) is 0 Å². The summed E-state index contributed by atoms with van der Waals surface area (Å²) < 4.78 is 57.9. The van der Waals surface area contributed by atoms with E-state index in [4.69, 9.17) is 10.5 Å². The molecule has 0 saturated heterocycles. The van der Waals surface area contributed by atoms with E-state index in [0.717, 1.165) is 6.07 Å². The van der Waals surface area contributed by atoms with Crippen molar-refractivity contribution < 1.29 is 22.3 Å². The highest BCUT2D eigenvalue weighted by atomic mass is 19.2. The molecule has 7 heteroatoms. The third-order valence-electron chi connectivity index (χ3n) is 2.50. The molecule has 18 heavy (non-hydrogen) atoms. The van der Waals surface area contributed by atoms with Crippen molar-refractivity contribution in [3.63, 3.8) is 0 Å². The molecule has 1 aromatic carbocycles.